The van der Waals surface area contributed by atoms with Gasteiger partial charge in [0.1, 0.15) is 30.5 Å². The van der Waals surface area contributed by atoms with Crippen LogP contribution in [0.1, 0.15) is 105 Å². The normalized spacial score (nSPS) is 15.5. The second kappa shape index (κ2) is 40.1. The Kier molecular flexibility index (Phi) is 30.1. The molecule has 2 aliphatic heterocycles. The van der Waals surface area contributed by atoms with Gasteiger partial charge in [0.05, 0.1) is 66.6 Å². The highest BCUT2D eigenvalue weighted by molar-refractivity contribution is 7.99. The number of hydrogen-bond donors (Lipinski definition) is 0. The van der Waals surface area contributed by atoms with Gasteiger partial charge in [0.25, 0.3) is 16.7 Å². The van der Waals surface area contributed by atoms with Gasteiger partial charge >= 0.3 is 6.18 Å². The summed E-state index contributed by atoms with van der Waals surface area (Å²) in [7, 11) is 6.56. The maximum absolute atomic E-state index is 13.9. The molecular weight excluding hydrogens is 1630 g/mol. The number of piperidine rings is 2. The van der Waals surface area contributed by atoms with Crippen LogP contribution in [0.4, 0.5) is 17.6 Å². The van der Waals surface area contributed by atoms with E-state index in [0.29, 0.717) is 135 Å². The van der Waals surface area contributed by atoms with Crippen LogP contribution >= 0.6 is 47.0 Å². The third-order valence-corrected chi connectivity index (χ3v) is 26.4. The molecule has 2 fully saturated rings. The van der Waals surface area contributed by atoms with Gasteiger partial charge in [-0.3, -0.25) is 37.7 Å². The highest BCUT2D eigenvalue weighted by Gasteiger charge is 2.48. The molecule has 121 heavy (non-hydrogen) atoms. The maximum atomic E-state index is 13.9. The van der Waals surface area contributed by atoms with Crippen molar-refractivity contribution in [3.63, 3.8) is 0 Å². The summed E-state index contributed by atoms with van der Waals surface area (Å²) >= 11 is 5.14. The molecule has 0 saturated carbocycles. The lowest BCUT2D eigenvalue weighted by Gasteiger charge is -2.45. The first-order valence-corrected chi connectivity index (χ1v) is 44.3. The number of hydrogen-bond acceptors (Lipinski definition) is 20. The Bertz CT molecular complexity index is 5450. The summed E-state index contributed by atoms with van der Waals surface area (Å²) in [5, 5.41) is 2.11. The molecule has 0 bridgehead atoms. The lowest BCUT2D eigenvalue weighted by Crippen LogP contribution is -2.50. The number of carbonyl (C=O) groups is 2. The first-order valence-electron chi connectivity index (χ1n) is 40.3. The zero-order valence-electron chi connectivity index (χ0n) is 70.0. The third kappa shape index (κ3) is 20.5. The number of nitrogens with zero attached hydrogens (tertiary/aromatic N) is 10. The van der Waals surface area contributed by atoms with Gasteiger partial charge in [-0.05, 0) is 110 Å². The number of rotatable bonds is 27. The van der Waals surface area contributed by atoms with E-state index in [1.165, 1.54) is 70.1 Å². The molecule has 6 heterocycles. The summed E-state index contributed by atoms with van der Waals surface area (Å²) in [5.41, 5.74) is 13.3. The fraction of sp³-hybridized carbons (Fsp3) is 0.413. The van der Waals surface area contributed by atoms with E-state index in [1.807, 2.05) is 55.1 Å². The van der Waals surface area contributed by atoms with E-state index in [0.717, 1.165) is 130 Å². The number of methoxy groups -OCH3 is 4. The van der Waals surface area contributed by atoms with Gasteiger partial charge in [0, 0.05) is 146 Å². The number of halogens is 4. The quantitative estimate of drug-likeness (QED) is 0.0116. The highest BCUT2D eigenvalue weighted by Crippen LogP contribution is 2.51. The lowest BCUT2D eigenvalue weighted by molar-refractivity contribution is -0.130. The van der Waals surface area contributed by atoms with Crippen LogP contribution in [0.3, 0.4) is 0 Å². The van der Waals surface area contributed by atoms with E-state index < -0.39 is 17.3 Å². The minimum atomic E-state index is -4.36. The second-order valence-electron chi connectivity index (χ2n) is 31.8. The van der Waals surface area contributed by atoms with Gasteiger partial charge in [-0.2, -0.15) is 18.2 Å². The molecule has 9 aromatic rings. The Morgan fingerprint density at radius 1 is 0.488 bits per heavy atom. The Hall–Kier alpha value is -9.62. The van der Waals surface area contributed by atoms with Crippen LogP contribution in [0.2, 0.25) is 0 Å². The van der Waals surface area contributed by atoms with Crippen LogP contribution in [0.5, 0.6) is 17.4 Å². The summed E-state index contributed by atoms with van der Waals surface area (Å²) in [6, 6.07) is 36.4. The molecule has 4 aliphatic carbocycles. The fourth-order valence-corrected chi connectivity index (χ4v) is 20.2. The number of ether oxygens (including phenoxy) is 6. The minimum Gasteiger partial charge on any atom is -0.497 e. The molecule has 0 atom stereocenters. The number of fused-ring (bicyclic) bond motifs is 14. The molecule has 0 N–H and O–H groups in total. The average molecular weight is 1730 g/mol. The smallest absolute Gasteiger partial charge is 0.398 e. The number of allylic oxidation sites excluding steroid dienone is 3. The van der Waals surface area contributed by atoms with E-state index in [1.54, 1.807) is 84.4 Å². The predicted molar refractivity (Wildman–Crippen MR) is 471 cm³/mol. The predicted octanol–water partition coefficient (Wildman–Crippen LogP) is 16.1. The van der Waals surface area contributed by atoms with Crippen LogP contribution in [0.15, 0.2) is 188 Å². The summed E-state index contributed by atoms with van der Waals surface area (Å²) in [4.78, 5) is 92.2. The second-order valence-corrected chi connectivity index (χ2v) is 35.9. The molecule has 2 saturated heterocycles. The van der Waals surface area contributed by atoms with E-state index >= 15 is 0 Å². The number of alkyl halides is 3. The van der Waals surface area contributed by atoms with Crippen molar-refractivity contribution in [1.29, 1.82) is 0 Å². The zero-order chi connectivity index (χ0) is 86.4. The van der Waals surface area contributed by atoms with Crippen molar-refractivity contribution in [2.75, 3.05) is 111 Å². The SMILES string of the molecule is C=CCn1c(SCC(F)(F)F)nc2c(c1=O)C(C)(C)Cc1ccc(OC)cc1-2.C=CCn1c(SCCOC)nc2c(c1=O)C1(CCN(C(C)=O)CC1)Cc1ccccc1-2.C=CCn1c(SCCOC)nc2c(c1=O)C1(CCN(C=O)CC1)Cc1ccccc1-2.COCCSc1nc(OCCOc2ccc(F)cc2)c2c(n1)-c1ccccc1CC2(C)C. The van der Waals surface area contributed by atoms with E-state index in [2.05, 4.69) is 87.1 Å². The van der Waals surface area contributed by atoms with Gasteiger partial charge in [0.2, 0.25) is 18.2 Å². The fourth-order valence-electron chi connectivity index (χ4n) is 16.9. The Labute approximate surface area is 720 Å². The van der Waals surface area contributed by atoms with Gasteiger partial charge in [-0.15, -0.1) is 19.7 Å². The molecule has 0 unspecified atom stereocenters. The minimum absolute atomic E-state index is 0.0221. The number of likely N-dealkylation sites (tertiary alicyclic amines) is 2. The molecule has 5 aromatic carbocycles. The Morgan fingerprint density at radius 3 is 1.36 bits per heavy atom. The van der Waals surface area contributed by atoms with Gasteiger partial charge in [-0.25, -0.2) is 24.3 Å². The van der Waals surface area contributed by atoms with Crippen molar-refractivity contribution in [3.05, 3.63) is 235 Å². The Morgan fingerprint density at radius 2 is 0.901 bits per heavy atom. The molecule has 640 valence electrons. The van der Waals surface area contributed by atoms with Crippen molar-refractivity contribution in [3.8, 4) is 62.4 Å². The van der Waals surface area contributed by atoms with Crippen molar-refractivity contribution in [2.24, 2.45) is 0 Å². The van der Waals surface area contributed by atoms with Crippen molar-refractivity contribution >= 4 is 59.4 Å². The number of benzene rings is 5. The molecule has 4 aromatic heterocycles. The molecular formula is C92H104F4N10O11S4. The summed E-state index contributed by atoms with van der Waals surface area (Å²) in [6.45, 7) is 27.3. The molecule has 21 nitrogen and oxygen atoms in total. The van der Waals surface area contributed by atoms with E-state index in [4.69, 9.17) is 48.4 Å². The number of amides is 2. The monoisotopic (exact) mass is 1730 g/mol. The maximum Gasteiger partial charge on any atom is 0.398 e. The van der Waals surface area contributed by atoms with Crippen LogP contribution in [-0.2, 0) is 90.8 Å². The van der Waals surface area contributed by atoms with E-state index in [9.17, 15) is 41.5 Å². The molecule has 29 heteroatoms. The molecule has 0 radical (unpaired) electrons. The molecule has 2 amide bonds. The van der Waals surface area contributed by atoms with Crippen LogP contribution in [0, 0.1) is 5.82 Å². The third-order valence-electron chi connectivity index (χ3n) is 22.7. The molecule has 6 aliphatic rings. The molecule has 2 spiro atoms. The number of aromatic nitrogens is 8. The standard InChI is InChI=1S/C25H27FN2O3S.C24H29N3O3S.C23H27N3O3S.C20H21F3N2O2S/c1-25(2)16-17-6-4-5-7-20(17)22-21(25)23(28-24(27-22)32-15-14-29-3)31-13-12-30-19-10-8-18(26)9-11-19;1-4-11-27-22(29)20-21(25-23(27)31-15-14-30-3)19-8-6-5-7-18(19)16-24(20)9-12-26(13-10-24)17(2)28;1-3-10-26-21(28)19-20(24-22(26)30-14-13-29-2)18-7-5-4-6-17(18)15-23(19)8-11-25(16-27)12-9-23;1-5-8-25-17(26)15-16(24-18(25)28-11-20(21,22)23)14-9-13(27-4)7-6-12(14)10-19(15,2)3/h4-11H,12-16H2,1-3H3;4-8H,1,9-16H2,2-3H3;3-7,16H,1,8-15H2,2H3;5-7,9H,1,8,10-11H2,2-4H3. The largest absolute Gasteiger partial charge is 0.497 e. The van der Waals surface area contributed by atoms with Crippen molar-refractivity contribution in [2.45, 2.75) is 154 Å². The topological polar surface area (TPSA) is 226 Å². The first kappa shape index (κ1) is 90.6. The first-order chi connectivity index (χ1) is 58.2. The summed E-state index contributed by atoms with van der Waals surface area (Å²) in [6.07, 6.45) is 7.75. The van der Waals surface area contributed by atoms with Crippen LogP contribution in [-0.4, -0.2) is 178 Å². The van der Waals surface area contributed by atoms with Gasteiger partial charge in [0.15, 0.2) is 20.6 Å². The Balaban J connectivity index is 0.000000148. The average Bonchev–Trinajstić information content (AvgIpc) is 0.727. The van der Waals surface area contributed by atoms with E-state index in [-0.39, 0.29) is 56.3 Å². The number of thioether (sulfide) groups is 4. The van der Waals surface area contributed by atoms with Crippen molar-refractivity contribution < 1.29 is 55.6 Å². The van der Waals surface area contributed by atoms with Gasteiger partial charge < -0.3 is 38.2 Å². The highest BCUT2D eigenvalue weighted by atomic mass is 32.2. The van der Waals surface area contributed by atoms with Crippen LogP contribution in [0.25, 0.3) is 45.0 Å². The summed E-state index contributed by atoms with van der Waals surface area (Å²) < 4.78 is 88.9. The lowest BCUT2D eigenvalue weighted by atomic mass is 9.64. The van der Waals surface area contributed by atoms with Gasteiger partial charge in [-0.1, -0.05) is 172 Å². The molecule has 15 rings (SSSR count). The van der Waals surface area contributed by atoms with Crippen LogP contribution < -0.4 is 30.9 Å². The number of carbonyl (C=O) groups excluding carboxylic acids is 2. The summed E-state index contributed by atoms with van der Waals surface area (Å²) in [5.74, 6) is 2.68. The van der Waals surface area contributed by atoms with Crippen molar-refractivity contribution in [1.82, 2.24) is 48.4 Å². The zero-order valence-corrected chi connectivity index (χ0v) is 73.2.